The molecular formula is C13H10F3NO3S. The maximum absolute atomic E-state index is 13.1. The second kappa shape index (κ2) is 6.23. The van der Waals surface area contributed by atoms with Gasteiger partial charge in [0.15, 0.2) is 16.8 Å². The van der Waals surface area contributed by atoms with Gasteiger partial charge in [-0.05, 0) is 10.8 Å². The molecule has 0 spiro atoms. The summed E-state index contributed by atoms with van der Waals surface area (Å²) in [5.41, 5.74) is -1.39. The molecule has 2 rings (SSSR count). The van der Waals surface area contributed by atoms with Crippen LogP contribution in [0.3, 0.4) is 0 Å². The topological polar surface area (TPSA) is 58.9 Å². The zero-order chi connectivity index (χ0) is 15.5. The maximum Gasteiger partial charge on any atom is 0.437 e. The number of rotatable bonds is 4. The van der Waals surface area contributed by atoms with Gasteiger partial charge in [0.25, 0.3) is 0 Å². The van der Waals surface area contributed by atoms with Gasteiger partial charge >= 0.3 is 6.18 Å². The van der Waals surface area contributed by atoms with Crippen molar-refractivity contribution >= 4 is 27.6 Å². The summed E-state index contributed by atoms with van der Waals surface area (Å²) in [6.07, 6.45) is -4.75. The smallest absolute Gasteiger partial charge is 0.379 e. The second-order valence-corrected chi connectivity index (χ2v) is 4.91. The molecule has 0 saturated carbocycles. The number of hydrogen-bond donors (Lipinski definition) is 1. The highest BCUT2D eigenvalue weighted by atomic mass is 32.2. The molecule has 0 fully saturated rings. The van der Waals surface area contributed by atoms with E-state index in [0.29, 0.717) is 10.8 Å². The first-order valence-corrected chi connectivity index (χ1v) is 7.00. The van der Waals surface area contributed by atoms with Crippen molar-refractivity contribution in [3.8, 4) is 0 Å². The van der Waals surface area contributed by atoms with Crippen LogP contribution in [-0.2, 0) is 15.9 Å². The molecule has 0 amide bonds. The highest BCUT2D eigenvalue weighted by molar-refractivity contribution is 7.79. The normalized spacial score (nSPS) is 14.2. The van der Waals surface area contributed by atoms with Crippen LogP contribution < -0.4 is 0 Å². The predicted octanol–water partition coefficient (Wildman–Crippen LogP) is 3.30. The Hall–Kier alpha value is -1.93. The van der Waals surface area contributed by atoms with Gasteiger partial charge < -0.3 is 9.39 Å². The second-order valence-electron chi connectivity index (χ2n) is 4.03. The van der Waals surface area contributed by atoms with E-state index in [0.717, 1.165) is 0 Å². The molecule has 4 nitrogen and oxygen atoms in total. The molecule has 1 N–H and O–H groups in total. The van der Waals surface area contributed by atoms with E-state index in [1.165, 1.54) is 18.2 Å². The average Bonchev–Trinajstić information content (AvgIpc) is 2.42. The summed E-state index contributed by atoms with van der Waals surface area (Å²) in [4.78, 5) is 4.30. The molecule has 0 aliphatic rings. The van der Waals surface area contributed by atoms with Gasteiger partial charge in [-0.25, -0.2) is 4.21 Å². The summed E-state index contributed by atoms with van der Waals surface area (Å²) in [5.74, 6) is -0.829. The zero-order valence-corrected chi connectivity index (χ0v) is 11.3. The van der Waals surface area contributed by atoms with Crippen molar-refractivity contribution in [2.45, 2.75) is 6.18 Å². The van der Waals surface area contributed by atoms with Crippen molar-refractivity contribution in [3.63, 3.8) is 0 Å². The van der Waals surface area contributed by atoms with Gasteiger partial charge in [0.1, 0.15) is 0 Å². The lowest BCUT2D eigenvalue weighted by atomic mass is 10.0. The number of hydrogen-bond acceptors (Lipinski definition) is 3. The summed E-state index contributed by atoms with van der Waals surface area (Å²) in [7, 11) is 0. The van der Waals surface area contributed by atoms with Crippen molar-refractivity contribution in [1.82, 2.24) is 0 Å². The number of nitrogens with zero attached hydrogens (tertiary/aromatic N) is 1. The van der Waals surface area contributed by atoms with E-state index in [9.17, 15) is 17.4 Å². The third kappa shape index (κ3) is 3.79. The van der Waals surface area contributed by atoms with Crippen LogP contribution in [0.4, 0.5) is 13.2 Å². The Labute approximate surface area is 120 Å². The van der Waals surface area contributed by atoms with Gasteiger partial charge in [0.05, 0.1) is 0 Å². The largest absolute Gasteiger partial charge is 0.437 e. The van der Waals surface area contributed by atoms with Crippen LogP contribution in [0.5, 0.6) is 0 Å². The third-order valence-electron chi connectivity index (χ3n) is 2.62. The fraction of sp³-hybridized carbons (Fsp3) is 0.154. The molecule has 0 aromatic heterocycles. The molecular weight excluding hydrogens is 307 g/mol. The van der Waals surface area contributed by atoms with Gasteiger partial charge in [-0.2, -0.15) is 13.2 Å². The van der Waals surface area contributed by atoms with Crippen LogP contribution in [0.15, 0.2) is 47.6 Å². The summed E-state index contributed by atoms with van der Waals surface area (Å²) >= 11 is -2.39. The lowest BCUT2D eigenvalue weighted by Gasteiger charge is -2.12. The number of fused-ring (bicyclic) bond motifs is 1. The molecule has 1 unspecified atom stereocenters. The van der Waals surface area contributed by atoms with E-state index in [1.54, 1.807) is 24.3 Å². The predicted molar refractivity (Wildman–Crippen MR) is 73.3 cm³/mol. The Morgan fingerprint density at radius 3 is 2.52 bits per heavy atom. The fourth-order valence-corrected chi connectivity index (χ4v) is 1.96. The number of alkyl halides is 3. The van der Waals surface area contributed by atoms with E-state index in [-0.39, 0.29) is 5.56 Å². The SMILES string of the molecule is O=S(O)CON=C(c1cccc2ccccc12)C(F)(F)F. The molecule has 2 aromatic rings. The minimum Gasteiger partial charge on any atom is -0.379 e. The molecule has 0 heterocycles. The molecule has 0 aliphatic carbocycles. The van der Waals surface area contributed by atoms with Crippen LogP contribution in [0.2, 0.25) is 0 Å². The Balaban J connectivity index is 2.52. The van der Waals surface area contributed by atoms with Crippen molar-refractivity contribution in [2.75, 3.05) is 5.94 Å². The van der Waals surface area contributed by atoms with Gasteiger partial charge in [-0.3, -0.25) is 0 Å². The van der Waals surface area contributed by atoms with E-state index >= 15 is 0 Å². The van der Waals surface area contributed by atoms with Crippen LogP contribution in [-0.4, -0.2) is 26.6 Å². The average molecular weight is 317 g/mol. The minimum absolute atomic E-state index is 0.149. The van der Waals surface area contributed by atoms with E-state index in [2.05, 4.69) is 9.99 Å². The zero-order valence-electron chi connectivity index (χ0n) is 10.5. The summed E-state index contributed by atoms with van der Waals surface area (Å²) in [6.45, 7) is 0. The highest BCUT2D eigenvalue weighted by Crippen LogP contribution is 2.28. The van der Waals surface area contributed by atoms with E-state index < -0.39 is 28.9 Å². The van der Waals surface area contributed by atoms with Crippen molar-refractivity contribution in [1.29, 1.82) is 0 Å². The van der Waals surface area contributed by atoms with Gasteiger partial charge in [0.2, 0.25) is 5.94 Å². The van der Waals surface area contributed by atoms with Gasteiger partial charge in [-0.1, -0.05) is 47.6 Å². The summed E-state index contributed by atoms with van der Waals surface area (Å²) in [6, 6.07) is 11.0. The molecule has 1 atom stereocenters. The van der Waals surface area contributed by atoms with Crippen LogP contribution in [0.1, 0.15) is 5.56 Å². The molecule has 8 heteroatoms. The Kier molecular flexibility index (Phi) is 4.59. The lowest BCUT2D eigenvalue weighted by molar-refractivity contribution is -0.0609. The molecule has 21 heavy (non-hydrogen) atoms. The Bertz CT molecular complexity index is 695. The third-order valence-corrected chi connectivity index (χ3v) is 2.93. The number of oxime groups is 1. The molecule has 2 aromatic carbocycles. The maximum atomic E-state index is 13.1. The number of halogens is 3. The quantitative estimate of drug-likeness (QED) is 0.535. The molecule has 0 saturated heterocycles. The molecule has 0 aliphatic heterocycles. The van der Waals surface area contributed by atoms with Crippen molar-refractivity contribution in [3.05, 3.63) is 48.0 Å². The van der Waals surface area contributed by atoms with Crippen molar-refractivity contribution in [2.24, 2.45) is 5.16 Å². The van der Waals surface area contributed by atoms with E-state index in [4.69, 9.17) is 4.55 Å². The monoisotopic (exact) mass is 317 g/mol. The van der Waals surface area contributed by atoms with E-state index in [1.807, 2.05) is 0 Å². The Morgan fingerprint density at radius 2 is 1.86 bits per heavy atom. The Morgan fingerprint density at radius 1 is 1.19 bits per heavy atom. The minimum atomic E-state index is -4.75. The fourth-order valence-electron chi connectivity index (χ4n) is 1.82. The van der Waals surface area contributed by atoms with Gasteiger partial charge in [0, 0.05) is 5.56 Å². The van der Waals surface area contributed by atoms with Gasteiger partial charge in [-0.15, -0.1) is 0 Å². The van der Waals surface area contributed by atoms with Crippen molar-refractivity contribution < 1.29 is 26.8 Å². The standard InChI is InChI=1S/C13H10F3NO3S/c14-13(15,16)12(17-20-8-21(18)19)11-7-3-5-9-4-1-2-6-10(9)11/h1-7H,8H2,(H,18,19). The summed E-state index contributed by atoms with van der Waals surface area (Å²) < 4.78 is 58.2. The lowest BCUT2D eigenvalue weighted by Crippen LogP contribution is -2.25. The van der Waals surface area contributed by atoms with Crippen LogP contribution >= 0.6 is 0 Å². The number of benzene rings is 2. The highest BCUT2D eigenvalue weighted by Gasteiger charge is 2.38. The summed E-state index contributed by atoms with van der Waals surface area (Å²) in [5, 5.41) is 3.98. The molecule has 112 valence electrons. The first kappa shape index (κ1) is 15.5. The van der Waals surface area contributed by atoms with Crippen LogP contribution in [0.25, 0.3) is 10.8 Å². The first-order chi connectivity index (χ1) is 9.89. The molecule has 0 bridgehead atoms. The first-order valence-electron chi connectivity index (χ1n) is 5.72. The van der Waals surface area contributed by atoms with Crippen LogP contribution in [0, 0.1) is 0 Å². The molecule has 0 radical (unpaired) electrons.